The molecule has 0 saturated carbocycles. The molecule has 0 amide bonds. The smallest absolute Gasteiger partial charge is 0.321 e. The summed E-state index contributed by atoms with van der Waals surface area (Å²) < 4.78 is 44.4. The van der Waals surface area contributed by atoms with Crippen LogP contribution in [0.25, 0.3) is 11.0 Å². The molecular formula is C26H30N4O6SSi. The maximum atomic E-state index is 14.1. The van der Waals surface area contributed by atoms with Crippen LogP contribution >= 0.6 is 0 Å². The van der Waals surface area contributed by atoms with E-state index in [-0.39, 0.29) is 28.1 Å². The summed E-state index contributed by atoms with van der Waals surface area (Å²) in [4.78, 5) is 25.6. The van der Waals surface area contributed by atoms with Crippen LogP contribution in [0, 0.1) is 6.92 Å². The van der Waals surface area contributed by atoms with Crippen LogP contribution in [0.4, 0.5) is 0 Å². The van der Waals surface area contributed by atoms with Crippen molar-refractivity contribution in [2.75, 3.05) is 26.2 Å². The highest BCUT2D eigenvalue weighted by atomic mass is 32.2. The predicted octanol–water partition coefficient (Wildman–Crippen LogP) is 3.47. The molecule has 0 aliphatic heterocycles. The van der Waals surface area contributed by atoms with E-state index >= 15 is 0 Å². The maximum Gasteiger partial charge on any atom is 0.321 e. The maximum absolute atomic E-state index is 14.1. The fraction of sp³-hybridized carbons (Fsp3) is 0.269. The van der Waals surface area contributed by atoms with E-state index in [2.05, 4.69) is 34.4 Å². The lowest BCUT2D eigenvalue weighted by Crippen LogP contribution is -2.42. The molecule has 200 valence electrons. The summed E-state index contributed by atoms with van der Waals surface area (Å²) in [5.41, 5.74) is 1.55. The summed E-state index contributed by atoms with van der Waals surface area (Å²) in [5.74, 6) is 0.377. The van der Waals surface area contributed by atoms with Crippen molar-refractivity contribution in [2.24, 2.45) is 0 Å². The van der Waals surface area contributed by atoms with Crippen LogP contribution in [-0.4, -0.2) is 58.2 Å². The second-order valence-electron chi connectivity index (χ2n) is 9.69. The number of ether oxygens (including phenoxy) is 3. The Hall–Kier alpha value is -3.90. The van der Waals surface area contributed by atoms with Gasteiger partial charge in [0.15, 0.2) is 5.65 Å². The molecular weight excluding hydrogens is 524 g/mol. The van der Waals surface area contributed by atoms with Gasteiger partial charge in [-0.2, -0.15) is 18.4 Å². The quantitative estimate of drug-likeness (QED) is 0.247. The molecule has 2 heterocycles. The Bertz CT molecular complexity index is 1610. The van der Waals surface area contributed by atoms with Crippen molar-refractivity contribution < 1.29 is 27.4 Å². The minimum atomic E-state index is -4.13. The Morgan fingerprint density at radius 2 is 1.53 bits per heavy atom. The zero-order chi connectivity index (χ0) is 27.8. The Labute approximate surface area is 222 Å². The van der Waals surface area contributed by atoms with E-state index in [4.69, 9.17) is 14.2 Å². The van der Waals surface area contributed by atoms with Crippen molar-refractivity contribution in [1.82, 2.24) is 14.6 Å². The lowest BCUT2D eigenvalue weighted by Gasteiger charge is -2.20. The Morgan fingerprint density at radius 1 is 0.895 bits per heavy atom. The van der Waals surface area contributed by atoms with Gasteiger partial charge in [-0.25, -0.2) is 9.51 Å². The predicted molar refractivity (Wildman–Crippen MR) is 148 cm³/mol. The molecule has 0 saturated heterocycles. The van der Waals surface area contributed by atoms with Crippen LogP contribution in [0.2, 0.25) is 19.6 Å². The first-order valence-corrected chi connectivity index (χ1v) is 16.7. The second-order valence-corrected chi connectivity index (χ2v) is 16.4. The van der Waals surface area contributed by atoms with E-state index in [1.54, 1.807) is 36.4 Å². The van der Waals surface area contributed by atoms with Gasteiger partial charge < -0.3 is 14.2 Å². The number of fused-ring (bicyclic) bond motifs is 1. The summed E-state index contributed by atoms with van der Waals surface area (Å²) >= 11 is 0. The molecule has 0 bridgehead atoms. The molecule has 38 heavy (non-hydrogen) atoms. The first-order chi connectivity index (χ1) is 17.9. The minimum absolute atomic E-state index is 0.0341. The zero-order valence-electron chi connectivity index (χ0n) is 22.3. The first kappa shape index (κ1) is 27.1. The van der Waals surface area contributed by atoms with Gasteiger partial charge in [0.1, 0.15) is 11.4 Å². The number of hydrogen-bond acceptors (Lipinski definition) is 8. The second kappa shape index (κ2) is 10.1. The number of aromatic nitrogens is 3. The van der Waals surface area contributed by atoms with Gasteiger partial charge in [0, 0.05) is 5.56 Å². The molecule has 12 heteroatoms. The Morgan fingerprint density at radius 3 is 2.05 bits per heavy atom. The third-order valence-electron chi connectivity index (χ3n) is 5.99. The van der Waals surface area contributed by atoms with E-state index in [1.807, 2.05) is 6.92 Å². The zero-order valence-corrected chi connectivity index (χ0v) is 24.1. The monoisotopic (exact) mass is 554 g/mol. The average Bonchev–Trinajstić information content (AvgIpc) is 3.21. The molecule has 4 aromatic rings. The largest absolute Gasteiger partial charge is 0.497 e. The lowest BCUT2D eigenvalue weighted by atomic mass is 10.1. The molecule has 0 aliphatic rings. The van der Waals surface area contributed by atoms with Crippen molar-refractivity contribution in [3.8, 4) is 17.6 Å². The highest BCUT2D eigenvalue weighted by Gasteiger charge is 2.36. The molecule has 10 nitrogen and oxygen atoms in total. The van der Waals surface area contributed by atoms with Gasteiger partial charge in [-0.1, -0.05) is 37.3 Å². The van der Waals surface area contributed by atoms with Gasteiger partial charge in [0.05, 0.1) is 39.7 Å². The summed E-state index contributed by atoms with van der Waals surface area (Å²) in [5, 5.41) is 1.11. The molecule has 2 aromatic carbocycles. The minimum Gasteiger partial charge on any atom is -0.497 e. The number of methoxy groups -OCH3 is 3. The number of hydrogen-bond donors (Lipinski definition) is 1. The van der Waals surface area contributed by atoms with Crippen LogP contribution < -0.4 is 24.2 Å². The number of carbonyl (C=O) groups is 1. The van der Waals surface area contributed by atoms with E-state index in [0.29, 0.717) is 21.9 Å². The van der Waals surface area contributed by atoms with Gasteiger partial charge in [-0.05, 0) is 48.5 Å². The van der Waals surface area contributed by atoms with Crippen LogP contribution in [0.5, 0.6) is 17.6 Å². The highest BCUT2D eigenvalue weighted by Crippen LogP contribution is 2.31. The molecule has 0 spiro atoms. The molecule has 1 N–H and O–H groups in total. The van der Waals surface area contributed by atoms with Crippen molar-refractivity contribution in [2.45, 2.75) is 31.5 Å². The highest BCUT2D eigenvalue weighted by molar-refractivity contribution is 7.92. The number of nitrogens with one attached hydrogen (secondary N) is 1. The lowest BCUT2D eigenvalue weighted by molar-refractivity contribution is 0.103. The van der Waals surface area contributed by atoms with Crippen LogP contribution in [0.1, 0.15) is 21.6 Å². The SMILES string of the molecule is COc1ccc(C(=O)c2c([Si](C)(C)C)c3c(OC)nc(OC)nc3n2NS(=O)(=O)c2ccc(C)cc2)cc1. The van der Waals surface area contributed by atoms with Gasteiger partial charge >= 0.3 is 6.01 Å². The number of sulfonamides is 1. The summed E-state index contributed by atoms with van der Waals surface area (Å²) in [6.45, 7) is 8.02. The summed E-state index contributed by atoms with van der Waals surface area (Å²) in [6.07, 6.45) is 0. The molecule has 4 rings (SSSR count). The molecule has 0 aliphatic carbocycles. The molecule has 0 radical (unpaired) electrons. The number of carbonyl (C=O) groups excluding carboxylic acids is 1. The van der Waals surface area contributed by atoms with Crippen molar-refractivity contribution >= 4 is 40.1 Å². The molecule has 0 fully saturated rings. The van der Waals surface area contributed by atoms with E-state index < -0.39 is 23.9 Å². The number of benzene rings is 2. The van der Waals surface area contributed by atoms with Crippen LogP contribution in [-0.2, 0) is 10.0 Å². The van der Waals surface area contributed by atoms with E-state index in [1.165, 1.54) is 38.1 Å². The van der Waals surface area contributed by atoms with Crippen molar-refractivity contribution in [3.63, 3.8) is 0 Å². The van der Waals surface area contributed by atoms with Crippen LogP contribution in [0.15, 0.2) is 53.4 Å². The topological polar surface area (TPSA) is 122 Å². The molecule has 0 atom stereocenters. The number of nitrogens with zero attached hydrogens (tertiary/aromatic N) is 3. The fourth-order valence-electron chi connectivity index (χ4n) is 4.17. The van der Waals surface area contributed by atoms with Crippen molar-refractivity contribution in [1.29, 1.82) is 0 Å². The average molecular weight is 555 g/mol. The first-order valence-electron chi connectivity index (χ1n) is 11.7. The van der Waals surface area contributed by atoms with Gasteiger partial charge in [-0.15, -0.1) is 0 Å². The van der Waals surface area contributed by atoms with E-state index in [0.717, 1.165) is 5.56 Å². The third-order valence-corrected chi connectivity index (χ3v) is 9.30. The third kappa shape index (κ3) is 4.96. The Kier molecular flexibility index (Phi) is 7.22. The molecule has 2 aromatic heterocycles. The summed E-state index contributed by atoms with van der Waals surface area (Å²) in [6, 6.07) is 13.0. The summed E-state index contributed by atoms with van der Waals surface area (Å²) in [7, 11) is -2.12. The fourth-order valence-corrected chi connectivity index (χ4v) is 7.09. The number of ketones is 1. The van der Waals surface area contributed by atoms with Crippen molar-refractivity contribution in [3.05, 3.63) is 65.4 Å². The van der Waals surface area contributed by atoms with Gasteiger partial charge in [0.2, 0.25) is 11.7 Å². The number of aryl methyl sites for hydroxylation is 1. The Balaban J connectivity index is 2.08. The standard InChI is InChI=1S/C26H30N4O6SSi/c1-16-8-14-19(15-9-16)37(32,33)29-30-21(22(31)17-10-12-18(34-2)13-11-17)23(38(5,6)7)20-24(30)27-26(36-4)28-25(20)35-3/h8-15,29H,1-7H3. The number of rotatable bonds is 9. The van der Waals surface area contributed by atoms with E-state index in [9.17, 15) is 13.2 Å². The molecule has 0 unspecified atom stereocenters. The van der Waals surface area contributed by atoms with Gasteiger partial charge in [0.25, 0.3) is 10.0 Å². The van der Waals surface area contributed by atoms with Gasteiger partial charge in [-0.3, -0.25) is 4.79 Å². The van der Waals surface area contributed by atoms with Crippen LogP contribution in [0.3, 0.4) is 0 Å². The normalized spacial score (nSPS) is 11.9.